The van der Waals surface area contributed by atoms with Crippen LogP contribution in [0.3, 0.4) is 0 Å². The molecule has 3 N–H and O–H groups in total. The van der Waals surface area contributed by atoms with E-state index in [9.17, 15) is 9.59 Å². The molecule has 24 heavy (non-hydrogen) atoms. The summed E-state index contributed by atoms with van der Waals surface area (Å²) in [6.45, 7) is 8.86. The smallest absolute Gasteiger partial charge is 0.256 e. The molecule has 2 atom stereocenters. The van der Waals surface area contributed by atoms with E-state index in [4.69, 9.17) is 5.73 Å². The number of hydrogen-bond acceptors (Lipinski definition) is 3. The second-order valence-electron chi connectivity index (χ2n) is 7.39. The van der Waals surface area contributed by atoms with Crippen molar-refractivity contribution in [2.45, 2.75) is 40.2 Å². The highest BCUT2D eigenvalue weighted by molar-refractivity contribution is 6.04. The average Bonchev–Trinajstić information content (AvgIpc) is 2.87. The van der Waals surface area contributed by atoms with E-state index in [-0.39, 0.29) is 30.3 Å². The molecule has 0 bridgehead atoms. The average molecular weight is 354 g/mol. The fourth-order valence-electron chi connectivity index (χ4n) is 2.84. The second-order valence-corrected chi connectivity index (χ2v) is 7.39. The number of hydrogen-bond donors (Lipinski definition) is 2. The zero-order valence-electron chi connectivity index (χ0n) is 14.8. The number of nitrogens with zero attached hydrogens (tertiary/aromatic N) is 1. The molecule has 5 nitrogen and oxygen atoms in total. The Morgan fingerprint density at radius 1 is 1.29 bits per heavy atom. The van der Waals surface area contributed by atoms with Gasteiger partial charge in [0.25, 0.3) is 5.91 Å². The number of anilines is 1. The van der Waals surface area contributed by atoms with E-state index in [2.05, 4.69) is 5.32 Å². The summed E-state index contributed by atoms with van der Waals surface area (Å²) in [5, 5.41) is 2.88. The standard InChI is InChI=1S/C18H27N3O2.ClH/c1-12-9-13(10-19)11-21(12)16(22)14-7-5-6-8-15(14)20-17(23)18(2,3)4;/h5-8,12-13H,9-11,19H2,1-4H3,(H,20,23);1H. The topological polar surface area (TPSA) is 75.4 Å². The molecule has 1 saturated heterocycles. The van der Waals surface area contributed by atoms with Crippen molar-refractivity contribution < 1.29 is 9.59 Å². The zero-order chi connectivity index (χ0) is 17.2. The third-order valence-corrected chi connectivity index (χ3v) is 4.34. The van der Waals surface area contributed by atoms with Crippen LogP contribution < -0.4 is 11.1 Å². The monoisotopic (exact) mass is 353 g/mol. The SMILES string of the molecule is CC1CC(CN)CN1C(=O)c1ccccc1NC(=O)C(C)(C)C.Cl. The molecule has 134 valence electrons. The van der Waals surface area contributed by atoms with Crippen LogP contribution in [-0.4, -0.2) is 35.8 Å². The number of rotatable bonds is 3. The fraction of sp³-hybridized carbons (Fsp3) is 0.556. The lowest BCUT2D eigenvalue weighted by Crippen LogP contribution is -2.35. The maximum Gasteiger partial charge on any atom is 0.256 e. The van der Waals surface area contributed by atoms with E-state index < -0.39 is 5.41 Å². The molecule has 1 fully saturated rings. The lowest BCUT2D eigenvalue weighted by Gasteiger charge is -2.24. The molecule has 1 aliphatic rings. The van der Waals surface area contributed by atoms with E-state index >= 15 is 0 Å². The number of amides is 2. The van der Waals surface area contributed by atoms with Gasteiger partial charge in [-0.25, -0.2) is 0 Å². The molecule has 6 heteroatoms. The minimum Gasteiger partial charge on any atom is -0.336 e. The van der Waals surface area contributed by atoms with Crippen LogP contribution in [0.4, 0.5) is 5.69 Å². The van der Waals surface area contributed by atoms with Crippen molar-refractivity contribution in [1.29, 1.82) is 0 Å². The van der Waals surface area contributed by atoms with Gasteiger partial charge in [-0.2, -0.15) is 0 Å². The highest BCUT2D eigenvalue weighted by atomic mass is 35.5. The highest BCUT2D eigenvalue weighted by Crippen LogP contribution is 2.27. The molecule has 1 heterocycles. The minimum atomic E-state index is -0.512. The van der Waals surface area contributed by atoms with Gasteiger partial charge >= 0.3 is 0 Å². The molecule has 1 aromatic rings. The lowest BCUT2D eigenvalue weighted by molar-refractivity contribution is -0.123. The Morgan fingerprint density at radius 2 is 1.92 bits per heavy atom. The van der Waals surface area contributed by atoms with E-state index in [1.54, 1.807) is 12.1 Å². The number of nitrogens with two attached hydrogens (primary N) is 1. The predicted octanol–water partition coefficient (Wildman–Crippen LogP) is 2.90. The van der Waals surface area contributed by atoms with Gasteiger partial charge in [0.1, 0.15) is 0 Å². The molecule has 2 rings (SSSR count). The number of carbonyl (C=O) groups is 2. The molecular formula is C18H28ClN3O2. The number of nitrogens with one attached hydrogen (secondary N) is 1. The predicted molar refractivity (Wildman–Crippen MR) is 99.4 cm³/mol. The van der Waals surface area contributed by atoms with Crippen LogP contribution in [0.1, 0.15) is 44.5 Å². The molecule has 2 unspecified atom stereocenters. The van der Waals surface area contributed by atoms with Crippen molar-refractivity contribution in [3.63, 3.8) is 0 Å². The normalized spacial score (nSPS) is 20.5. The first-order valence-electron chi connectivity index (χ1n) is 8.15. The first-order chi connectivity index (χ1) is 10.7. The fourth-order valence-corrected chi connectivity index (χ4v) is 2.84. The highest BCUT2D eigenvalue weighted by Gasteiger charge is 2.33. The Kier molecular flexibility index (Phi) is 6.81. The molecule has 0 spiro atoms. The molecule has 2 amide bonds. The maximum atomic E-state index is 12.9. The maximum absolute atomic E-state index is 12.9. The van der Waals surface area contributed by atoms with Gasteiger partial charge in [-0.05, 0) is 37.9 Å². The van der Waals surface area contributed by atoms with E-state index in [0.29, 0.717) is 30.3 Å². The van der Waals surface area contributed by atoms with Crippen molar-refractivity contribution in [3.05, 3.63) is 29.8 Å². The van der Waals surface area contributed by atoms with Gasteiger partial charge in [-0.3, -0.25) is 9.59 Å². The lowest BCUT2D eigenvalue weighted by atomic mass is 9.95. The van der Waals surface area contributed by atoms with E-state index in [0.717, 1.165) is 6.42 Å². The number of carbonyl (C=O) groups excluding carboxylic acids is 2. The Morgan fingerprint density at radius 3 is 2.46 bits per heavy atom. The van der Waals surface area contributed by atoms with Crippen molar-refractivity contribution in [1.82, 2.24) is 4.90 Å². The molecule has 0 radical (unpaired) electrons. The molecule has 0 aliphatic carbocycles. The van der Waals surface area contributed by atoms with Crippen LogP contribution >= 0.6 is 12.4 Å². The van der Waals surface area contributed by atoms with Crippen molar-refractivity contribution in [2.75, 3.05) is 18.4 Å². The summed E-state index contributed by atoms with van der Waals surface area (Å²) in [5.74, 6) is 0.204. The summed E-state index contributed by atoms with van der Waals surface area (Å²) in [6.07, 6.45) is 0.929. The van der Waals surface area contributed by atoms with Crippen LogP contribution in [0, 0.1) is 11.3 Å². The Labute approximate surface area is 150 Å². The van der Waals surface area contributed by atoms with Crippen molar-refractivity contribution in [3.8, 4) is 0 Å². The largest absolute Gasteiger partial charge is 0.336 e. The van der Waals surface area contributed by atoms with E-state index in [1.807, 2.05) is 44.7 Å². The third-order valence-electron chi connectivity index (χ3n) is 4.34. The Balaban J connectivity index is 0.00000288. The van der Waals surface area contributed by atoms with Crippen molar-refractivity contribution in [2.24, 2.45) is 17.1 Å². The summed E-state index contributed by atoms with van der Waals surface area (Å²) in [5.41, 5.74) is 6.34. The van der Waals surface area contributed by atoms with Crippen molar-refractivity contribution >= 4 is 29.9 Å². The van der Waals surface area contributed by atoms with Gasteiger partial charge in [-0.15, -0.1) is 12.4 Å². The molecule has 0 saturated carbocycles. The van der Waals surface area contributed by atoms with Gasteiger partial charge < -0.3 is 16.0 Å². The molecular weight excluding hydrogens is 326 g/mol. The Bertz CT molecular complexity index is 598. The molecule has 1 aliphatic heterocycles. The number of halogens is 1. The van der Waals surface area contributed by atoms with Crippen LogP contribution in [0.25, 0.3) is 0 Å². The summed E-state index contributed by atoms with van der Waals surface area (Å²) < 4.78 is 0. The van der Waals surface area contributed by atoms with Gasteiger partial charge in [-0.1, -0.05) is 32.9 Å². The zero-order valence-corrected chi connectivity index (χ0v) is 15.7. The van der Waals surface area contributed by atoms with Crippen LogP contribution in [0.5, 0.6) is 0 Å². The summed E-state index contributed by atoms with van der Waals surface area (Å²) in [7, 11) is 0. The van der Waals surface area contributed by atoms with Gasteiger partial charge in [0.2, 0.25) is 5.91 Å². The second kappa shape index (κ2) is 7.99. The van der Waals surface area contributed by atoms with Crippen LogP contribution in [0.2, 0.25) is 0 Å². The Hall–Kier alpha value is -1.59. The molecule has 1 aromatic carbocycles. The van der Waals surface area contributed by atoms with Gasteiger partial charge in [0.15, 0.2) is 0 Å². The van der Waals surface area contributed by atoms with Gasteiger partial charge in [0.05, 0.1) is 11.3 Å². The number of para-hydroxylation sites is 1. The quantitative estimate of drug-likeness (QED) is 0.877. The number of benzene rings is 1. The summed E-state index contributed by atoms with van der Waals surface area (Å²) >= 11 is 0. The van der Waals surface area contributed by atoms with Crippen LogP contribution in [0.15, 0.2) is 24.3 Å². The third kappa shape index (κ3) is 4.48. The minimum absolute atomic E-state index is 0. The summed E-state index contributed by atoms with van der Waals surface area (Å²) in [4.78, 5) is 27.0. The number of likely N-dealkylation sites (tertiary alicyclic amines) is 1. The molecule has 0 aromatic heterocycles. The first kappa shape index (κ1) is 20.5. The first-order valence-corrected chi connectivity index (χ1v) is 8.15. The van der Waals surface area contributed by atoms with Gasteiger partial charge in [0, 0.05) is 18.0 Å². The van der Waals surface area contributed by atoms with Crippen LogP contribution in [-0.2, 0) is 4.79 Å². The van der Waals surface area contributed by atoms with E-state index in [1.165, 1.54) is 0 Å². The summed E-state index contributed by atoms with van der Waals surface area (Å²) in [6, 6.07) is 7.36.